The standard InChI is InChI=1S/C20H23N5O3S2/c1-30(27,28)24-9-7-15(8-10-24)11-21-19(26)18-14-29-20(23-18)16-12-22-25(13-16)17-5-3-2-4-6-17/h2-6,12-15H,7-11H2,1H3,(H,21,26). The number of carbonyl (C=O) groups is 1. The molecule has 0 atom stereocenters. The molecule has 4 rings (SSSR count). The number of amides is 1. The third-order valence-electron chi connectivity index (χ3n) is 5.18. The van der Waals surface area contributed by atoms with Gasteiger partial charge in [0, 0.05) is 36.8 Å². The first kappa shape index (κ1) is 20.7. The van der Waals surface area contributed by atoms with Gasteiger partial charge in [-0.15, -0.1) is 11.3 Å². The zero-order valence-electron chi connectivity index (χ0n) is 16.6. The fourth-order valence-electron chi connectivity index (χ4n) is 3.44. The Morgan fingerprint density at radius 1 is 1.23 bits per heavy atom. The molecule has 0 spiro atoms. The predicted molar refractivity (Wildman–Crippen MR) is 116 cm³/mol. The number of piperidine rings is 1. The van der Waals surface area contributed by atoms with Gasteiger partial charge in [0.05, 0.1) is 18.1 Å². The lowest BCUT2D eigenvalue weighted by molar-refractivity contribution is 0.0937. The smallest absolute Gasteiger partial charge is 0.270 e. The Labute approximate surface area is 179 Å². The van der Waals surface area contributed by atoms with Gasteiger partial charge in [-0.1, -0.05) is 18.2 Å². The molecule has 10 heteroatoms. The maximum Gasteiger partial charge on any atom is 0.270 e. The van der Waals surface area contributed by atoms with Gasteiger partial charge in [0.1, 0.15) is 10.7 Å². The third kappa shape index (κ3) is 4.77. The van der Waals surface area contributed by atoms with Crippen molar-refractivity contribution in [2.24, 2.45) is 5.92 Å². The van der Waals surface area contributed by atoms with Crippen molar-refractivity contribution < 1.29 is 13.2 Å². The Hall–Kier alpha value is -2.56. The number of benzene rings is 1. The first-order valence-corrected chi connectivity index (χ1v) is 12.4. The number of aromatic nitrogens is 3. The Balaban J connectivity index is 1.33. The van der Waals surface area contributed by atoms with Gasteiger partial charge in [-0.25, -0.2) is 22.4 Å². The van der Waals surface area contributed by atoms with Crippen molar-refractivity contribution in [3.05, 3.63) is 53.8 Å². The van der Waals surface area contributed by atoms with Crippen LogP contribution in [0.3, 0.4) is 0 Å². The first-order valence-electron chi connectivity index (χ1n) is 9.69. The minimum absolute atomic E-state index is 0.210. The highest BCUT2D eigenvalue weighted by molar-refractivity contribution is 7.88. The van der Waals surface area contributed by atoms with Crippen LogP contribution in [0.1, 0.15) is 23.3 Å². The number of nitrogens with one attached hydrogen (secondary N) is 1. The summed E-state index contributed by atoms with van der Waals surface area (Å²) in [6, 6.07) is 9.80. The molecule has 3 heterocycles. The molecule has 0 radical (unpaired) electrons. The van der Waals surface area contributed by atoms with E-state index in [1.54, 1.807) is 16.3 Å². The normalized spacial score (nSPS) is 15.9. The average molecular weight is 446 g/mol. The second-order valence-corrected chi connectivity index (χ2v) is 10.2. The summed E-state index contributed by atoms with van der Waals surface area (Å²) in [6.45, 7) is 1.53. The quantitative estimate of drug-likeness (QED) is 0.628. The van der Waals surface area contributed by atoms with E-state index in [1.165, 1.54) is 21.9 Å². The summed E-state index contributed by atoms with van der Waals surface area (Å²) in [5, 5.41) is 9.79. The summed E-state index contributed by atoms with van der Waals surface area (Å²) in [5.74, 6) is 0.0626. The molecule has 0 unspecified atom stereocenters. The van der Waals surface area contributed by atoms with Gasteiger partial charge >= 0.3 is 0 Å². The molecule has 0 aliphatic carbocycles. The van der Waals surface area contributed by atoms with Crippen LogP contribution in [-0.2, 0) is 10.0 Å². The topological polar surface area (TPSA) is 97.2 Å². The van der Waals surface area contributed by atoms with Crippen molar-refractivity contribution in [2.75, 3.05) is 25.9 Å². The summed E-state index contributed by atoms with van der Waals surface area (Å²) in [5.41, 5.74) is 2.20. The molecule has 0 bridgehead atoms. The van der Waals surface area contributed by atoms with Crippen LogP contribution in [0, 0.1) is 5.92 Å². The van der Waals surface area contributed by atoms with Crippen LogP contribution in [0.2, 0.25) is 0 Å². The zero-order chi connectivity index (χ0) is 21.1. The van der Waals surface area contributed by atoms with E-state index < -0.39 is 10.0 Å². The number of para-hydroxylation sites is 1. The van der Waals surface area contributed by atoms with Crippen molar-refractivity contribution in [1.29, 1.82) is 0 Å². The number of rotatable bonds is 6. The lowest BCUT2D eigenvalue weighted by atomic mass is 9.98. The predicted octanol–water partition coefficient (Wildman–Crippen LogP) is 2.40. The van der Waals surface area contributed by atoms with Crippen LogP contribution in [0.4, 0.5) is 0 Å². The Bertz CT molecular complexity index is 1120. The fraction of sp³-hybridized carbons (Fsp3) is 0.350. The van der Waals surface area contributed by atoms with E-state index >= 15 is 0 Å². The maximum absolute atomic E-state index is 12.5. The SMILES string of the molecule is CS(=O)(=O)N1CCC(CNC(=O)c2csc(-c3cnn(-c4ccccc4)c3)n2)CC1. The van der Waals surface area contributed by atoms with Crippen LogP contribution >= 0.6 is 11.3 Å². The van der Waals surface area contributed by atoms with Crippen LogP contribution in [-0.4, -0.2) is 59.3 Å². The summed E-state index contributed by atoms with van der Waals surface area (Å²) < 4.78 is 26.4. The number of sulfonamides is 1. The van der Waals surface area contributed by atoms with E-state index in [4.69, 9.17) is 0 Å². The molecule has 1 aromatic carbocycles. The molecule has 1 saturated heterocycles. The monoisotopic (exact) mass is 445 g/mol. The fourth-order valence-corrected chi connectivity index (χ4v) is 5.09. The van der Waals surface area contributed by atoms with Crippen molar-refractivity contribution >= 4 is 27.3 Å². The summed E-state index contributed by atoms with van der Waals surface area (Å²) in [4.78, 5) is 16.9. The number of thiazole rings is 1. The van der Waals surface area contributed by atoms with Gasteiger partial charge in [-0.05, 0) is 30.9 Å². The summed E-state index contributed by atoms with van der Waals surface area (Å²) >= 11 is 1.41. The van der Waals surface area contributed by atoms with Crippen molar-refractivity contribution in [3.63, 3.8) is 0 Å². The molecular weight excluding hydrogens is 422 g/mol. The summed E-state index contributed by atoms with van der Waals surface area (Å²) in [6.07, 6.45) is 6.36. The molecule has 1 aliphatic heterocycles. The molecule has 158 valence electrons. The first-order chi connectivity index (χ1) is 14.4. The van der Waals surface area contributed by atoms with E-state index in [2.05, 4.69) is 15.4 Å². The van der Waals surface area contributed by atoms with E-state index in [-0.39, 0.29) is 11.8 Å². The van der Waals surface area contributed by atoms with Gasteiger partial charge in [-0.3, -0.25) is 4.79 Å². The maximum atomic E-state index is 12.5. The van der Waals surface area contributed by atoms with Crippen molar-refractivity contribution in [3.8, 4) is 16.3 Å². The molecule has 30 heavy (non-hydrogen) atoms. The van der Waals surface area contributed by atoms with Crippen molar-refractivity contribution in [2.45, 2.75) is 12.8 Å². The molecule has 1 amide bonds. The minimum Gasteiger partial charge on any atom is -0.350 e. The molecule has 3 aromatic rings. The van der Waals surface area contributed by atoms with E-state index in [1.807, 2.05) is 36.5 Å². The van der Waals surface area contributed by atoms with Crippen LogP contribution in [0.15, 0.2) is 48.1 Å². The van der Waals surface area contributed by atoms with Gasteiger partial charge in [0.2, 0.25) is 10.0 Å². The molecule has 1 aliphatic rings. The molecule has 0 saturated carbocycles. The summed E-state index contributed by atoms with van der Waals surface area (Å²) in [7, 11) is -3.13. The number of hydrogen-bond acceptors (Lipinski definition) is 6. The lowest BCUT2D eigenvalue weighted by Crippen LogP contribution is -2.41. The molecule has 8 nitrogen and oxygen atoms in total. The molecular formula is C20H23N5O3S2. The molecule has 1 N–H and O–H groups in total. The minimum atomic E-state index is -3.13. The third-order valence-corrected chi connectivity index (χ3v) is 7.38. The van der Waals surface area contributed by atoms with E-state index in [0.29, 0.717) is 25.3 Å². The van der Waals surface area contributed by atoms with Gasteiger partial charge < -0.3 is 5.32 Å². The Kier molecular flexibility index (Phi) is 5.98. The molecule has 1 fully saturated rings. The van der Waals surface area contributed by atoms with Crippen LogP contribution in [0.5, 0.6) is 0 Å². The number of carbonyl (C=O) groups excluding carboxylic acids is 1. The largest absolute Gasteiger partial charge is 0.350 e. The van der Waals surface area contributed by atoms with Crippen molar-refractivity contribution in [1.82, 2.24) is 24.4 Å². The molecule has 2 aromatic heterocycles. The van der Waals surface area contributed by atoms with E-state index in [0.717, 1.165) is 29.1 Å². The second-order valence-electron chi connectivity index (χ2n) is 7.36. The average Bonchev–Trinajstić information content (AvgIpc) is 3.42. The number of hydrogen-bond donors (Lipinski definition) is 1. The van der Waals surface area contributed by atoms with Gasteiger partial charge in [0.25, 0.3) is 5.91 Å². The number of nitrogens with zero attached hydrogens (tertiary/aromatic N) is 4. The lowest BCUT2D eigenvalue weighted by Gasteiger charge is -2.30. The Morgan fingerprint density at radius 2 is 1.97 bits per heavy atom. The van der Waals surface area contributed by atoms with Gasteiger partial charge in [0.15, 0.2) is 0 Å². The highest BCUT2D eigenvalue weighted by atomic mass is 32.2. The van der Waals surface area contributed by atoms with Gasteiger partial charge in [-0.2, -0.15) is 5.10 Å². The van der Waals surface area contributed by atoms with E-state index in [9.17, 15) is 13.2 Å². The Morgan fingerprint density at radius 3 is 2.67 bits per heavy atom. The highest BCUT2D eigenvalue weighted by Gasteiger charge is 2.25. The highest BCUT2D eigenvalue weighted by Crippen LogP contribution is 2.24. The zero-order valence-corrected chi connectivity index (χ0v) is 18.2. The van der Waals surface area contributed by atoms with Crippen LogP contribution < -0.4 is 5.32 Å². The van der Waals surface area contributed by atoms with Crippen LogP contribution in [0.25, 0.3) is 16.3 Å². The second kappa shape index (κ2) is 8.66.